The predicted octanol–water partition coefficient (Wildman–Crippen LogP) is 0.749. The van der Waals surface area contributed by atoms with Crippen molar-refractivity contribution in [3.63, 3.8) is 0 Å². The van der Waals surface area contributed by atoms with Gasteiger partial charge >= 0.3 is 0 Å². The fraction of sp³-hybridized carbons (Fsp3) is 0.500. The number of rotatable bonds is 5. The van der Waals surface area contributed by atoms with E-state index in [0.717, 1.165) is 10.4 Å². The molecular formula is C12H16N2O6S. The van der Waals surface area contributed by atoms with E-state index in [4.69, 9.17) is 4.74 Å². The number of nitrogens with zero attached hydrogens (tertiary/aromatic N) is 2. The SMILES string of the molecule is COc1ccc(S(=O)(=O)N2CCC[C@H]2CO)c([N+](=O)[O-])c1. The van der Waals surface area contributed by atoms with Crippen molar-refractivity contribution in [2.45, 2.75) is 23.8 Å². The number of nitro benzene ring substituents is 1. The fourth-order valence-corrected chi connectivity index (χ4v) is 4.24. The van der Waals surface area contributed by atoms with Gasteiger partial charge in [0.25, 0.3) is 5.69 Å². The maximum absolute atomic E-state index is 12.6. The summed E-state index contributed by atoms with van der Waals surface area (Å²) >= 11 is 0. The highest BCUT2D eigenvalue weighted by Crippen LogP contribution is 2.33. The van der Waals surface area contributed by atoms with Crippen LogP contribution in [0.2, 0.25) is 0 Å². The van der Waals surface area contributed by atoms with Crippen LogP contribution in [0, 0.1) is 10.1 Å². The largest absolute Gasteiger partial charge is 0.497 e. The predicted molar refractivity (Wildman–Crippen MR) is 73.6 cm³/mol. The van der Waals surface area contributed by atoms with Crippen molar-refractivity contribution >= 4 is 15.7 Å². The Balaban J connectivity index is 2.52. The molecule has 0 amide bonds. The first-order valence-corrected chi connectivity index (χ1v) is 7.81. The van der Waals surface area contributed by atoms with Crippen LogP contribution in [0.25, 0.3) is 0 Å². The standard InChI is InChI=1S/C12H16N2O6S/c1-20-10-4-5-12(11(7-10)14(16)17)21(18,19)13-6-2-3-9(13)8-15/h4-5,7,9,15H,2-3,6,8H2,1H3/t9-/m0/s1. The van der Waals surface area contributed by atoms with E-state index in [1.54, 1.807) is 0 Å². The Labute approximate surface area is 122 Å². The van der Waals surface area contributed by atoms with E-state index in [1.807, 2.05) is 0 Å². The molecule has 0 aromatic heterocycles. The summed E-state index contributed by atoms with van der Waals surface area (Å²) in [5.74, 6) is 0.209. The van der Waals surface area contributed by atoms with Crippen LogP contribution in [-0.2, 0) is 10.0 Å². The lowest BCUT2D eigenvalue weighted by Gasteiger charge is -2.22. The van der Waals surface area contributed by atoms with Gasteiger partial charge in [-0.15, -0.1) is 0 Å². The van der Waals surface area contributed by atoms with Gasteiger partial charge < -0.3 is 9.84 Å². The van der Waals surface area contributed by atoms with Crippen LogP contribution in [0.5, 0.6) is 5.75 Å². The average molecular weight is 316 g/mol. The molecule has 0 spiro atoms. The molecule has 1 saturated heterocycles. The molecule has 1 atom stereocenters. The lowest BCUT2D eigenvalue weighted by Crippen LogP contribution is -2.37. The molecule has 0 bridgehead atoms. The minimum atomic E-state index is -4.02. The van der Waals surface area contributed by atoms with Crippen LogP contribution in [0.15, 0.2) is 23.1 Å². The summed E-state index contributed by atoms with van der Waals surface area (Å²) < 4.78 is 31.2. The van der Waals surface area contributed by atoms with E-state index in [1.165, 1.54) is 19.2 Å². The highest BCUT2D eigenvalue weighted by Gasteiger charge is 2.38. The topological polar surface area (TPSA) is 110 Å². The Hall–Kier alpha value is -1.71. The van der Waals surface area contributed by atoms with E-state index in [2.05, 4.69) is 0 Å². The van der Waals surface area contributed by atoms with Gasteiger partial charge in [0, 0.05) is 12.6 Å². The van der Waals surface area contributed by atoms with Crippen molar-refractivity contribution in [1.82, 2.24) is 4.31 Å². The quantitative estimate of drug-likeness (QED) is 0.634. The third-order valence-corrected chi connectivity index (χ3v) is 5.48. The molecule has 1 aromatic rings. The summed E-state index contributed by atoms with van der Waals surface area (Å²) in [6, 6.07) is 3.08. The van der Waals surface area contributed by atoms with Crippen LogP contribution < -0.4 is 4.74 Å². The second kappa shape index (κ2) is 5.96. The first-order chi connectivity index (χ1) is 9.91. The van der Waals surface area contributed by atoms with E-state index >= 15 is 0 Å². The molecule has 1 N–H and O–H groups in total. The van der Waals surface area contributed by atoms with Crippen molar-refractivity contribution in [3.8, 4) is 5.75 Å². The summed E-state index contributed by atoms with van der Waals surface area (Å²) in [5.41, 5.74) is -0.530. The molecule has 9 heteroatoms. The number of hydrogen-bond acceptors (Lipinski definition) is 6. The molecule has 21 heavy (non-hydrogen) atoms. The Morgan fingerprint density at radius 2 is 2.24 bits per heavy atom. The molecule has 2 rings (SSSR count). The molecule has 0 unspecified atom stereocenters. The highest BCUT2D eigenvalue weighted by atomic mass is 32.2. The average Bonchev–Trinajstić information content (AvgIpc) is 2.95. The van der Waals surface area contributed by atoms with Crippen LogP contribution >= 0.6 is 0 Å². The zero-order valence-corrected chi connectivity index (χ0v) is 12.2. The molecule has 8 nitrogen and oxygen atoms in total. The van der Waals surface area contributed by atoms with Crippen LogP contribution in [0.4, 0.5) is 5.69 Å². The maximum Gasteiger partial charge on any atom is 0.293 e. The van der Waals surface area contributed by atoms with Crippen molar-refractivity contribution in [3.05, 3.63) is 28.3 Å². The summed E-state index contributed by atoms with van der Waals surface area (Å²) in [4.78, 5) is 9.99. The Kier molecular flexibility index (Phi) is 4.45. The number of methoxy groups -OCH3 is 1. The van der Waals surface area contributed by atoms with Gasteiger partial charge in [0.2, 0.25) is 10.0 Å². The molecule has 1 aromatic carbocycles. The first-order valence-electron chi connectivity index (χ1n) is 6.37. The minimum absolute atomic E-state index is 0.209. The monoisotopic (exact) mass is 316 g/mol. The summed E-state index contributed by atoms with van der Waals surface area (Å²) in [6.07, 6.45) is 1.16. The zero-order valence-electron chi connectivity index (χ0n) is 11.4. The number of ether oxygens (including phenoxy) is 1. The molecule has 0 aliphatic carbocycles. The van der Waals surface area contributed by atoms with Gasteiger partial charge in [-0.25, -0.2) is 8.42 Å². The summed E-state index contributed by atoms with van der Waals surface area (Å²) in [5, 5.41) is 20.4. The van der Waals surface area contributed by atoms with Crippen LogP contribution in [0.1, 0.15) is 12.8 Å². The molecule has 1 aliphatic rings. The number of benzene rings is 1. The number of aliphatic hydroxyl groups excluding tert-OH is 1. The number of aliphatic hydroxyl groups is 1. The smallest absolute Gasteiger partial charge is 0.293 e. The van der Waals surface area contributed by atoms with Crippen LogP contribution in [0.3, 0.4) is 0 Å². The number of nitro groups is 1. The van der Waals surface area contributed by atoms with Gasteiger partial charge in [0.1, 0.15) is 5.75 Å². The molecule has 0 saturated carbocycles. The van der Waals surface area contributed by atoms with E-state index < -0.39 is 26.7 Å². The zero-order chi connectivity index (χ0) is 15.6. The molecule has 1 fully saturated rings. The van der Waals surface area contributed by atoms with E-state index in [9.17, 15) is 23.6 Å². The fourth-order valence-electron chi connectivity index (χ4n) is 2.42. The van der Waals surface area contributed by atoms with E-state index in [0.29, 0.717) is 12.8 Å². The van der Waals surface area contributed by atoms with Gasteiger partial charge in [0.05, 0.1) is 24.7 Å². The Morgan fingerprint density at radius 3 is 2.81 bits per heavy atom. The maximum atomic E-state index is 12.6. The number of hydrogen-bond donors (Lipinski definition) is 1. The van der Waals surface area contributed by atoms with Gasteiger partial charge in [-0.1, -0.05) is 0 Å². The van der Waals surface area contributed by atoms with Gasteiger partial charge in [0.15, 0.2) is 4.90 Å². The molecule has 0 radical (unpaired) electrons. The van der Waals surface area contributed by atoms with Crippen molar-refractivity contribution in [1.29, 1.82) is 0 Å². The second-order valence-corrected chi connectivity index (χ2v) is 6.54. The minimum Gasteiger partial charge on any atom is -0.497 e. The normalized spacial score (nSPS) is 19.6. The molecular weight excluding hydrogens is 300 g/mol. The summed E-state index contributed by atoms with van der Waals surface area (Å²) in [7, 11) is -2.68. The Morgan fingerprint density at radius 1 is 1.52 bits per heavy atom. The van der Waals surface area contributed by atoms with Gasteiger partial charge in [-0.05, 0) is 25.0 Å². The summed E-state index contributed by atoms with van der Waals surface area (Å²) in [6.45, 7) is -0.0556. The van der Waals surface area contributed by atoms with Crippen molar-refractivity contribution < 1.29 is 23.2 Å². The lowest BCUT2D eigenvalue weighted by atomic mass is 10.2. The van der Waals surface area contributed by atoms with Crippen LogP contribution in [-0.4, -0.2) is 49.1 Å². The van der Waals surface area contributed by atoms with Gasteiger partial charge in [-0.2, -0.15) is 4.31 Å². The number of sulfonamides is 1. The van der Waals surface area contributed by atoms with Crippen molar-refractivity contribution in [2.75, 3.05) is 20.3 Å². The van der Waals surface area contributed by atoms with Gasteiger partial charge in [-0.3, -0.25) is 10.1 Å². The first kappa shape index (κ1) is 15.7. The molecule has 1 heterocycles. The molecule has 1 aliphatic heterocycles. The highest BCUT2D eigenvalue weighted by molar-refractivity contribution is 7.89. The van der Waals surface area contributed by atoms with Crippen molar-refractivity contribution in [2.24, 2.45) is 0 Å². The molecule has 116 valence electrons. The lowest BCUT2D eigenvalue weighted by molar-refractivity contribution is -0.387. The van der Waals surface area contributed by atoms with E-state index in [-0.39, 0.29) is 23.8 Å². The third-order valence-electron chi connectivity index (χ3n) is 3.48. The Bertz CT molecular complexity index is 645. The second-order valence-electron chi connectivity index (χ2n) is 4.69. The third kappa shape index (κ3) is 2.85.